The van der Waals surface area contributed by atoms with Crippen LogP contribution >= 0.6 is 15.9 Å². The summed E-state index contributed by atoms with van der Waals surface area (Å²) in [4.78, 5) is 7.94. The molecular formula is C11H10BrN3O. The van der Waals surface area contributed by atoms with Gasteiger partial charge in [0.05, 0.1) is 6.20 Å². The predicted octanol–water partition coefficient (Wildman–Crippen LogP) is 2.40. The molecule has 1 heterocycles. The van der Waals surface area contributed by atoms with Gasteiger partial charge in [-0.15, -0.1) is 0 Å². The first-order chi connectivity index (χ1) is 7.75. The number of halogens is 1. The van der Waals surface area contributed by atoms with E-state index in [4.69, 9.17) is 10.5 Å². The maximum Gasteiger partial charge on any atom is 0.241 e. The van der Waals surface area contributed by atoms with Crippen molar-refractivity contribution in [3.63, 3.8) is 0 Å². The zero-order chi connectivity index (χ0) is 11.4. The van der Waals surface area contributed by atoms with Gasteiger partial charge in [-0.05, 0) is 21.5 Å². The molecule has 0 bridgehead atoms. The smallest absolute Gasteiger partial charge is 0.241 e. The Bertz CT molecular complexity index is 476. The largest absolute Gasteiger partial charge is 0.471 e. The summed E-state index contributed by atoms with van der Waals surface area (Å²) in [7, 11) is 0. The summed E-state index contributed by atoms with van der Waals surface area (Å²) in [6, 6.07) is 9.83. The number of anilines is 1. The fourth-order valence-corrected chi connectivity index (χ4v) is 1.46. The number of nitrogens with two attached hydrogens (primary N) is 1. The maximum absolute atomic E-state index is 5.68. The molecule has 2 aromatic rings. The minimum absolute atomic E-state index is 0.394. The second kappa shape index (κ2) is 4.94. The van der Waals surface area contributed by atoms with Crippen molar-refractivity contribution < 1.29 is 4.74 Å². The summed E-state index contributed by atoms with van der Waals surface area (Å²) < 4.78 is 5.96. The molecule has 82 valence electrons. The van der Waals surface area contributed by atoms with E-state index in [1.165, 1.54) is 6.20 Å². The van der Waals surface area contributed by atoms with E-state index in [1.54, 1.807) is 0 Å². The van der Waals surface area contributed by atoms with Crippen molar-refractivity contribution >= 4 is 21.6 Å². The van der Waals surface area contributed by atoms with Crippen LogP contribution in [0.2, 0.25) is 0 Å². The highest BCUT2D eigenvalue weighted by Crippen LogP contribution is 2.19. The van der Waals surface area contributed by atoms with Crippen molar-refractivity contribution in [2.45, 2.75) is 6.61 Å². The second-order valence-corrected chi connectivity index (χ2v) is 3.88. The van der Waals surface area contributed by atoms with E-state index in [-0.39, 0.29) is 0 Å². The number of rotatable bonds is 3. The Hall–Kier alpha value is -1.62. The molecule has 16 heavy (non-hydrogen) atoms. The molecule has 0 fully saturated rings. The van der Waals surface area contributed by atoms with Crippen LogP contribution < -0.4 is 10.5 Å². The topological polar surface area (TPSA) is 61.0 Å². The molecule has 0 aliphatic carbocycles. The van der Waals surface area contributed by atoms with Crippen molar-refractivity contribution in [3.05, 3.63) is 46.8 Å². The van der Waals surface area contributed by atoms with Crippen LogP contribution in [0.25, 0.3) is 0 Å². The Morgan fingerprint density at radius 2 is 2.00 bits per heavy atom. The number of benzene rings is 1. The minimum atomic E-state index is 0.394. The predicted molar refractivity (Wildman–Crippen MR) is 64.9 cm³/mol. The van der Waals surface area contributed by atoms with Gasteiger partial charge in [0.25, 0.3) is 0 Å². The Labute approximate surface area is 102 Å². The number of hydrogen-bond acceptors (Lipinski definition) is 4. The van der Waals surface area contributed by atoms with E-state index in [2.05, 4.69) is 25.9 Å². The van der Waals surface area contributed by atoms with Crippen LogP contribution in [0, 0.1) is 0 Å². The van der Waals surface area contributed by atoms with Crippen molar-refractivity contribution in [2.24, 2.45) is 0 Å². The molecule has 0 spiro atoms. The molecule has 0 atom stereocenters. The SMILES string of the molecule is Nc1cnc(Br)nc1OCc1ccccc1. The number of nitrogens with zero attached hydrogens (tertiary/aromatic N) is 2. The van der Waals surface area contributed by atoms with E-state index in [1.807, 2.05) is 30.3 Å². The summed E-state index contributed by atoms with van der Waals surface area (Å²) in [5, 5.41) is 0. The fraction of sp³-hybridized carbons (Fsp3) is 0.0909. The molecule has 2 N–H and O–H groups in total. The zero-order valence-electron chi connectivity index (χ0n) is 8.43. The number of aromatic nitrogens is 2. The molecule has 0 amide bonds. The summed E-state index contributed by atoms with van der Waals surface area (Å²) in [6.45, 7) is 0.439. The lowest BCUT2D eigenvalue weighted by atomic mass is 10.2. The van der Waals surface area contributed by atoms with Gasteiger partial charge in [0, 0.05) is 0 Å². The van der Waals surface area contributed by atoms with Gasteiger partial charge in [-0.25, -0.2) is 4.98 Å². The second-order valence-electron chi connectivity index (χ2n) is 3.17. The van der Waals surface area contributed by atoms with Crippen LogP contribution in [0.4, 0.5) is 5.69 Å². The van der Waals surface area contributed by atoms with Crippen molar-refractivity contribution in [1.82, 2.24) is 9.97 Å². The lowest BCUT2D eigenvalue weighted by Crippen LogP contribution is -2.01. The monoisotopic (exact) mass is 279 g/mol. The van der Waals surface area contributed by atoms with Crippen LogP contribution in [0.3, 0.4) is 0 Å². The minimum Gasteiger partial charge on any atom is -0.471 e. The summed E-state index contributed by atoms with van der Waals surface area (Å²) in [5.41, 5.74) is 7.18. The summed E-state index contributed by atoms with van der Waals surface area (Å²) >= 11 is 3.16. The highest BCUT2D eigenvalue weighted by Gasteiger charge is 2.04. The third-order valence-electron chi connectivity index (χ3n) is 1.97. The van der Waals surface area contributed by atoms with E-state index in [0.717, 1.165) is 5.56 Å². The molecule has 0 unspecified atom stereocenters. The summed E-state index contributed by atoms with van der Waals surface area (Å²) in [6.07, 6.45) is 1.51. The van der Waals surface area contributed by atoms with E-state index < -0.39 is 0 Å². The van der Waals surface area contributed by atoms with Gasteiger partial charge >= 0.3 is 0 Å². The molecule has 0 aliphatic rings. The van der Waals surface area contributed by atoms with Gasteiger partial charge in [-0.3, -0.25) is 0 Å². The standard InChI is InChI=1S/C11H10BrN3O/c12-11-14-6-9(13)10(15-11)16-7-8-4-2-1-3-5-8/h1-6H,7,13H2. The quantitative estimate of drug-likeness (QED) is 0.877. The fourth-order valence-electron chi connectivity index (χ4n) is 1.20. The first-order valence-electron chi connectivity index (χ1n) is 4.70. The molecule has 1 aromatic carbocycles. The van der Waals surface area contributed by atoms with Crippen LogP contribution in [0.1, 0.15) is 5.56 Å². The molecule has 0 saturated carbocycles. The Morgan fingerprint density at radius 3 is 2.75 bits per heavy atom. The normalized spacial score (nSPS) is 10.1. The van der Waals surface area contributed by atoms with Crippen molar-refractivity contribution in [2.75, 3.05) is 5.73 Å². The number of nitrogen functional groups attached to an aromatic ring is 1. The average molecular weight is 280 g/mol. The first kappa shape index (κ1) is 10.9. The zero-order valence-corrected chi connectivity index (χ0v) is 10.0. The van der Waals surface area contributed by atoms with Gasteiger partial charge in [-0.2, -0.15) is 4.98 Å². The molecular weight excluding hydrogens is 270 g/mol. The van der Waals surface area contributed by atoms with E-state index in [9.17, 15) is 0 Å². The van der Waals surface area contributed by atoms with Gasteiger partial charge in [0.15, 0.2) is 4.73 Å². The molecule has 0 saturated heterocycles. The average Bonchev–Trinajstić information content (AvgIpc) is 2.32. The van der Waals surface area contributed by atoms with Gasteiger partial charge in [0.1, 0.15) is 12.3 Å². The number of ether oxygens (including phenoxy) is 1. The molecule has 0 radical (unpaired) electrons. The third kappa shape index (κ3) is 2.70. The van der Waals surface area contributed by atoms with E-state index in [0.29, 0.717) is 22.9 Å². The molecule has 4 nitrogen and oxygen atoms in total. The van der Waals surface area contributed by atoms with Crippen LogP contribution in [-0.4, -0.2) is 9.97 Å². The van der Waals surface area contributed by atoms with Crippen molar-refractivity contribution in [3.8, 4) is 5.88 Å². The Morgan fingerprint density at radius 1 is 1.25 bits per heavy atom. The molecule has 5 heteroatoms. The Kier molecular flexibility index (Phi) is 3.36. The highest BCUT2D eigenvalue weighted by atomic mass is 79.9. The van der Waals surface area contributed by atoms with E-state index >= 15 is 0 Å². The molecule has 1 aromatic heterocycles. The first-order valence-corrected chi connectivity index (χ1v) is 5.50. The third-order valence-corrected chi connectivity index (χ3v) is 2.35. The lowest BCUT2D eigenvalue weighted by Gasteiger charge is -2.07. The molecule has 2 rings (SSSR count). The van der Waals surface area contributed by atoms with Crippen LogP contribution in [0.15, 0.2) is 41.3 Å². The van der Waals surface area contributed by atoms with Crippen LogP contribution in [0.5, 0.6) is 5.88 Å². The van der Waals surface area contributed by atoms with Crippen molar-refractivity contribution in [1.29, 1.82) is 0 Å². The van der Waals surface area contributed by atoms with Gasteiger partial charge in [-0.1, -0.05) is 30.3 Å². The van der Waals surface area contributed by atoms with Gasteiger partial charge < -0.3 is 10.5 Å². The number of hydrogen-bond donors (Lipinski definition) is 1. The molecule has 0 aliphatic heterocycles. The van der Waals surface area contributed by atoms with Gasteiger partial charge in [0.2, 0.25) is 5.88 Å². The maximum atomic E-state index is 5.68. The lowest BCUT2D eigenvalue weighted by molar-refractivity contribution is 0.294. The van der Waals surface area contributed by atoms with Crippen LogP contribution in [-0.2, 0) is 6.61 Å². The Balaban J connectivity index is 2.08. The summed E-state index contributed by atoms with van der Waals surface area (Å²) in [5.74, 6) is 0.394. The highest BCUT2D eigenvalue weighted by molar-refractivity contribution is 9.10.